The summed E-state index contributed by atoms with van der Waals surface area (Å²) >= 11 is 5.91. The third-order valence-corrected chi connectivity index (χ3v) is 2.35. The van der Waals surface area contributed by atoms with E-state index in [4.69, 9.17) is 16.7 Å². The smallest absolute Gasteiger partial charge is 0.305 e. The number of hydrogen-bond donors (Lipinski definition) is 1. The molecule has 0 aliphatic heterocycles. The molecule has 0 aliphatic carbocycles. The number of carbonyl (C=O) groups is 1. The van der Waals surface area contributed by atoms with Gasteiger partial charge in [0.2, 0.25) is 0 Å². The molecular formula is C10H13ClN2O3. The Morgan fingerprint density at radius 3 is 2.88 bits per heavy atom. The fourth-order valence-corrected chi connectivity index (χ4v) is 1.39. The van der Waals surface area contributed by atoms with Crippen molar-refractivity contribution in [3.8, 4) is 0 Å². The first-order valence-electron chi connectivity index (χ1n) is 4.85. The molecule has 0 aromatic carbocycles. The summed E-state index contributed by atoms with van der Waals surface area (Å²) in [6.07, 6.45) is 2.64. The van der Waals surface area contributed by atoms with E-state index in [1.807, 2.05) is 0 Å². The van der Waals surface area contributed by atoms with Crippen LogP contribution < -0.4 is 0 Å². The summed E-state index contributed by atoms with van der Waals surface area (Å²) in [6.45, 7) is -0.0160. The third kappa shape index (κ3) is 3.75. The molecule has 0 atom stereocenters. The van der Waals surface area contributed by atoms with Crippen LogP contribution in [-0.2, 0) is 22.4 Å². The molecule has 0 bridgehead atoms. The van der Waals surface area contributed by atoms with E-state index >= 15 is 0 Å². The number of hydrogen-bond acceptors (Lipinski definition) is 5. The Balaban J connectivity index is 2.64. The van der Waals surface area contributed by atoms with Gasteiger partial charge in [0.1, 0.15) is 11.0 Å². The van der Waals surface area contributed by atoms with Gasteiger partial charge in [0, 0.05) is 24.6 Å². The zero-order valence-corrected chi connectivity index (χ0v) is 9.70. The topological polar surface area (TPSA) is 72.3 Å². The average molecular weight is 245 g/mol. The number of methoxy groups -OCH3 is 1. The van der Waals surface area contributed by atoms with Crippen molar-refractivity contribution < 1.29 is 14.6 Å². The van der Waals surface area contributed by atoms with E-state index in [1.165, 1.54) is 7.11 Å². The molecule has 5 nitrogen and oxygen atoms in total. The van der Waals surface area contributed by atoms with E-state index in [1.54, 1.807) is 6.20 Å². The van der Waals surface area contributed by atoms with Gasteiger partial charge in [0.05, 0.1) is 13.7 Å². The van der Waals surface area contributed by atoms with Gasteiger partial charge in [-0.3, -0.25) is 4.79 Å². The second-order valence-electron chi connectivity index (χ2n) is 3.15. The Hall–Kier alpha value is -1.20. The lowest BCUT2D eigenvalue weighted by Gasteiger charge is -2.04. The van der Waals surface area contributed by atoms with Crippen LogP contribution in [0.2, 0.25) is 5.15 Å². The summed E-state index contributed by atoms with van der Waals surface area (Å²) in [7, 11) is 1.34. The van der Waals surface area contributed by atoms with Crippen molar-refractivity contribution in [2.24, 2.45) is 0 Å². The van der Waals surface area contributed by atoms with E-state index in [0.29, 0.717) is 29.4 Å². The first-order valence-corrected chi connectivity index (χ1v) is 5.23. The molecule has 0 aliphatic rings. The van der Waals surface area contributed by atoms with Crippen LogP contribution in [-0.4, -0.2) is 34.8 Å². The molecule has 0 spiro atoms. The highest BCUT2D eigenvalue weighted by Gasteiger charge is 2.07. The minimum Gasteiger partial charge on any atom is -0.469 e. The maximum atomic E-state index is 10.9. The van der Waals surface area contributed by atoms with Gasteiger partial charge in [-0.15, -0.1) is 0 Å². The number of nitrogens with zero attached hydrogens (tertiary/aromatic N) is 2. The molecule has 0 fully saturated rings. The van der Waals surface area contributed by atoms with Crippen molar-refractivity contribution in [2.45, 2.75) is 19.3 Å². The highest BCUT2D eigenvalue weighted by atomic mass is 35.5. The Bertz CT molecular complexity index is 371. The minimum absolute atomic E-state index is 0.0160. The number of aryl methyl sites for hydroxylation is 1. The van der Waals surface area contributed by atoms with E-state index in [-0.39, 0.29) is 19.0 Å². The molecule has 0 amide bonds. The van der Waals surface area contributed by atoms with E-state index < -0.39 is 0 Å². The predicted octanol–water partition coefficient (Wildman–Crippen LogP) is 0.770. The monoisotopic (exact) mass is 244 g/mol. The van der Waals surface area contributed by atoms with Crippen LogP contribution in [0.5, 0.6) is 0 Å². The van der Waals surface area contributed by atoms with Crippen LogP contribution in [0.25, 0.3) is 0 Å². The minimum atomic E-state index is -0.296. The maximum absolute atomic E-state index is 10.9. The highest BCUT2D eigenvalue weighted by molar-refractivity contribution is 6.30. The second-order valence-corrected chi connectivity index (χ2v) is 3.51. The van der Waals surface area contributed by atoms with Gasteiger partial charge in [0.15, 0.2) is 0 Å². The molecule has 0 unspecified atom stereocenters. The predicted molar refractivity (Wildman–Crippen MR) is 58.2 cm³/mol. The Morgan fingerprint density at radius 2 is 2.31 bits per heavy atom. The van der Waals surface area contributed by atoms with Gasteiger partial charge in [-0.1, -0.05) is 11.6 Å². The van der Waals surface area contributed by atoms with Crippen LogP contribution in [0.4, 0.5) is 0 Å². The Labute approximate surface area is 98.4 Å². The highest BCUT2D eigenvalue weighted by Crippen LogP contribution is 2.14. The lowest BCUT2D eigenvalue weighted by molar-refractivity contribution is -0.140. The van der Waals surface area contributed by atoms with Crippen molar-refractivity contribution >= 4 is 17.6 Å². The lowest BCUT2D eigenvalue weighted by atomic mass is 10.2. The molecular weight excluding hydrogens is 232 g/mol. The van der Waals surface area contributed by atoms with Crippen LogP contribution >= 0.6 is 11.6 Å². The quantitative estimate of drug-likeness (QED) is 0.612. The van der Waals surface area contributed by atoms with E-state index in [9.17, 15) is 4.79 Å². The normalized spacial score (nSPS) is 10.2. The lowest BCUT2D eigenvalue weighted by Crippen LogP contribution is -2.05. The molecule has 1 rings (SSSR count). The molecule has 1 N–H and O–H groups in total. The standard InChI is InChI=1S/C10H13ClN2O3/c1-16-9(15)3-2-7-6-12-8(4-5-14)13-10(7)11/h6,14H,2-5H2,1H3. The van der Waals surface area contributed by atoms with E-state index in [2.05, 4.69) is 14.7 Å². The second kappa shape index (κ2) is 6.40. The van der Waals surface area contributed by atoms with Gasteiger partial charge >= 0.3 is 5.97 Å². The summed E-state index contributed by atoms with van der Waals surface area (Å²) in [6, 6.07) is 0. The van der Waals surface area contributed by atoms with Crippen LogP contribution in [0.3, 0.4) is 0 Å². The van der Waals surface area contributed by atoms with Crippen molar-refractivity contribution in [1.82, 2.24) is 9.97 Å². The first-order chi connectivity index (χ1) is 7.67. The Morgan fingerprint density at radius 1 is 1.56 bits per heavy atom. The number of ether oxygens (including phenoxy) is 1. The van der Waals surface area contributed by atoms with Gasteiger partial charge in [0.25, 0.3) is 0 Å². The van der Waals surface area contributed by atoms with Gasteiger partial charge < -0.3 is 9.84 Å². The van der Waals surface area contributed by atoms with Gasteiger partial charge in [-0.05, 0) is 6.42 Å². The Kier molecular flexibility index (Phi) is 5.14. The molecule has 0 saturated carbocycles. The number of aliphatic hydroxyl groups excluding tert-OH is 1. The number of aliphatic hydroxyl groups is 1. The summed E-state index contributed by atoms with van der Waals surface area (Å²) in [5, 5.41) is 9.03. The summed E-state index contributed by atoms with van der Waals surface area (Å²) < 4.78 is 4.52. The molecule has 88 valence electrons. The van der Waals surface area contributed by atoms with Crippen LogP contribution in [0.15, 0.2) is 6.20 Å². The molecule has 0 radical (unpaired) electrons. The molecule has 1 aromatic rings. The van der Waals surface area contributed by atoms with Gasteiger partial charge in [-0.2, -0.15) is 0 Å². The molecule has 16 heavy (non-hydrogen) atoms. The third-order valence-electron chi connectivity index (χ3n) is 2.02. The molecule has 1 heterocycles. The number of aromatic nitrogens is 2. The number of esters is 1. The zero-order chi connectivity index (χ0) is 12.0. The van der Waals surface area contributed by atoms with Crippen LogP contribution in [0, 0.1) is 0 Å². The molecule has 0 saturated heterocycles. The fraction of sp³-hybridized carbons (Fsp3) is 0.500. The van der Waals surface area contributed by atoms with Crippen molar-refractivity contribution in [2.75, 3.05) is 13.7 Å². The van der Waals surface area contributed by atoms with Gasteiger partial charge in [-0.25, -0.2) is 9.97 Å². The van der Waals surface area contributed by atoms with E-state index in [0.717, 1.165) is 0 Å². The number of halogens is 1. The largest absolute Gasteiger partial charge is 0.469 e. The summed E-state index contributed by atoms with van der Waals surface area (Å²) in [4.78, 5) is 19.0. The number of carbonyl (C=O) groups excluding carboxylic acids is 1. The van der Waals surface area contributed by atoms with Crippen molar-refractivity contribution in [3.63, 3.8) is 0 Å². The zero-order valence-electron chi connectivity index (χ0n) is 8.94. The average Bonchev–Trinajstić information content (AvgIpc) is 2.28. The molecule has 1 aromatic heterocycles. The fourth-order valence-electron chi connectivity index (χ4n) is 1.15. The maximum Gasteiger partial charge on any atom is 0.305 e. The summed E-state index contributed by atoms with van der Waals surface area (Å²) in [5.41, 5.74) is 0.703. The SMILES string of the molecule is COC(=O)CCc1cnc(CCO)nc1Cl. The summed E-state index contributed by atoms with van der Waals surface area (Å²) in [5.74, 6) is 0.199. The van der Waals surface area contributed by atoms with Crippen molar-refractivity contribution in [1.29, 1.82) is 0 Å². The van der Waals surface area contributed by atoms with Crippen LogP contribution in [0.1, 0.15) is 17.8 Å². The number of rotatable bonds is 5. The van der Waals surface area contributed by atoms with Crippen molar-refractivity contribution in [3.05, 3.63) is 22.7 Å². The first kappa shape index (κ1) is 12.9. The molecule has 6 heteroatoms.